The standard InChI is InChI=1S/C20H24N2O3S/c1-2-21-14-15-5-3-4-6-17(15)22-20(23)9-12-26-16-7-8-18-19(13-16)25-11-10-24-18/h3-8,13,21H,2,9-12,14H2,1H3,(H,22,23). The van der Waals surface area contributed by atoms with Crippen molar-refractivity contribution >= 4 is 23.4 Å². The fourth-order valence-corrected chi connectivity index (χ4v) is 3.52. The van der Waals surface area contributed by atoms with Gasteiger partial charge in [-0.3, -0.25) is 4.79 Å². The van der Waals surface area contributed by atoms with Gasteiger partial charge in [-0.05, 0) is 36.4 Å². The lowest BCUT2D eigenvalue weighted by molar-refractivity contribution is -0.115. The number of nitrogens with one attached hydrogen (secondary N) is 2. The van der Waals surface area contributed by atoms with Gasteiger partial charge in [0.05, 0.1) is 0 Å². The number of carbonyl (C=O) groups excluding carboxylic acids is 1. The molecule has 26 heavy (non-hydrogen) atoms. The molecule has 0 atom stereocenters. The molecule has 0 unspecified atom stereocenters. The van der Waals surface area contributed by atoms with Gasteiger partial charge in [0.15, 0.2) is 11.5 Å². The third-order valence-electron chi connectivity index (χ3n) is 3.97. The Labute approximate surface area is 158 Å². The number of carbonyl (C=O) groups is 1. The average Bonchev–Trinajstić information content (AvgIpc) is 2.67. The summed E-state index contributed by atoms with van der Waals surface area (Å²) in [6.45, 7) is 4.88. The first kappa shape index (κ1) is 18.6. The van der Waals surface area contributed by atoms with Crippen LogP contribution in [0.2, 0.25) is 0 Å². The molecule has 0 bridgehead atoms. The average molecular weight is 372 g/mol. The minimum atomic E-state index is 0.0268. The first-order chi connectivity index (χ1) is 12.8. The number of ether oxygens (including phenoxy) is 2. The second-order valence-electron chi connectivity index (χ2n) is 5.89. The Morgan fingerprint density at radius 3 is 2.77 bits per heavy atom. The Bertz CT molecular complexity index is 752. The topological polar surface area (TPSA) is 59.6 Å². The quantitative estimate of drug-likeness (QED) is 0.692. The van der Waals surface area contributed by atoms with Crippen LogP contribution in [0.1, 0.15) is 18.9 Å². The molecule has 3 rings (SSSR count). The van der Waals surface area contributed by atoms with Gasteiger partial charge in [-0.25, -0.2) is 0 Å². The van der Waals surface area contributed by atoms with Crippen LogP contribution in [0.5, 0.6) is 11.5 Å². The van der Waals surface area contributed by atoms with E-state index in [1.54, 1.807) is 11.8 Å². The molecule has 5 nitrogen and oxygen atoms in total. The summed E-state index contributed by atoms with van der Waals surface area (Å²) in [5, 5.41) is 6.31. The van der Waals surface area contributed by atoms with Crippen LogP contribution in [0, 0.1) is 0 Å². The van der Waals surface area contributed by atoms with Gasteiger partial charge in [0, 0.05) is 29.3 Å². The normalized spacial score (nSPS) is 12.7. The van der Waals surface area contributed by atoms with E-state index in [2.05, 4.69) is 17.6 Å². The van der Waals surface area contributed by atoms with Crippen molar-refractivity contribution in [2.24, 2.45) is 0 Å². The van der Waals surface area contributed by atoms with E-state index in [9.17, 15) is 4.79 Å². The predicted octanol–water partition coefficient (Wildman–Crippen LogP) is 3.69. The molecular weight excluding hydrogens is 348 g/mol. The van der Waals surface area contributed by atoms with E-state index in [4.69, 9.17) is 9.47 Å². The zero-order valence-corrected chi connectivity index (χ0v) is 15.7. The third-order valence-corrected chi connectivity index (χ3v) is 4.96. The van der Waals surface area contributed by atoms with Crippen LogP contribution in [0.15, 0.2) is 47.4 Å². The van der Waals surface area contributed by atoms with E-state index in [1.807, 2.05) is 42.5 Å². The van der Waals surface area contributed by atoms with Gasteiger partial charge >= 0.3 is 0 Å². The summed E-state index contributed by atoms with van der Waals surface area (Å²) in [7, 11) is 0. The van der Waals surface area contributed by atoms with Crippen molar-refractivity contribution in [1.82, 2.24) is 5.32 Å². The number of thioether (sulfide) groups is 1. The van der Waals surface area contributed by atoms with Crippen molar-refractivity contribution in [3.63, 3.8) is 0 Å². The Kier molecular flexibility index (Phi) is 6.80. The Morgan fingerprint density at radius 1 is 1.12 bits per heavy atom. The molecule has 2 aromatic rings. The summed E-state index contributed by atoms with van der Waals surface area (Å²) in [6.07, 6.45) is 0.453. The van der Waals surface area contributed by atoms with Crippen LogP contribution in [-0.2, 0) is 11.3 Å². The molecule has 0 aromatic heterocycles. The number of hydrogen-bond acceptors (Lipinski definition) is 5. The summed E-state index contributed by atoms with van der Waals surface area (Å²) in [5.74, 6) is 2.30. The smallest absolute Gasteiger partial charge is 0.225 e. The maximum atomic E-state index is 12.3. The SMILES string of the molecule is CCNCc1ccccc1NC(=O)CCSc1ccc2c(c1)OCCO2. The zero-order chi connectivity index (χ0) is 18.2. The highest BCUT2D eigenvalue weighted by Crippen LogP contribution is 2.34. The van der Waals surface area contributed by atoms with Crippen LogP contribution >= 0.6 is 11.8 Å². The Hall–Kier alpha value is -2.18. The lowest BCUT2D eigenvalue weighted by atomic mass is 10.1. The van der Waals surface area contributed by atoms with Crippen LogP contribution in [0.4, 0.5) is 5.69 Å². The third kappa shape index (κ3) is 5.16. The molecule has 1 heterocycles. The predicted molar refractivity (Wildman–Crippen MR) is 105 cm³/mol. The second-order valence-corrected chi connectivity index (χ2v) is 7.06. The van der Waals surface area contributed by atoms with Crippen LogP contribution in [-0.4, -0.2) is 31.4 Å². The van der Waals surface area contributed by atoms with E-state index in [0.29, 0.717) is 25.4 Å². The molecule has 0 spiro atoms. The van der Waals surface area contributed by atoms with Crippen molar-refractivity contribution in [3.8, 4) is 11.5 Å². The molecule has 0 saturated carbocycles. The van der Waals surface area contributed by atoms with Gasteiger partial charge in [0.25, 0.3) is 0 Å². The zero-order valence-electron chi connectivity index (χ0n) is 14.9. The van der Waals surface area contributed by atoms with Gasteiger partial charge in [0.1, 0.15) is 13.2 Å². The van der Waals surface area contributed by atoms with Crippen LogP contribution in [0.3, 0.4) is 0 Å². The molecule has 0 saturated heterocycles. The monoisotopic (exact) mass is 372 g/mol. The number of amides is 1. The van der Waals surface area contributed by atoms with Crippen molar-refractivity contribution < 1.29 is 14.3 Å². The van der Waals surface area contributed by atoms with Crippen molar-refractivity contribution in [2.45, 2.75) is 24.8 Å². The highest BCUT2D eigenvalue weighted by atomic mass is 32.2. The van der Waals surface area contributed by atoms with E-state index in [-0.39, 0.29) is 5.91 Å². The highest BCUT2D eigenvalue weighted by Gasteiger charge is 2.12. The summed E-state index contributed by atoms with van der Waals surface area (Å²) in [4.78, 5) is 13.4. The van der Waals surface area contributed by atoms with Gasteiger partial charge in [-0.15, -0.1) is 11.8 Å². The lowest BCUT2D eigenvalue weighted by Gasteiger charge is -2.18. The minimum Gasteiger partial charge on any atom is -0.486 e. The fraction of sp³-hybridized carbons (Fsp3) is 0.350. The first-order valence-electron chi connectivity index (χ1n) is 8.87. The molecule has 1 amide bonds. The molecule has 1 aliphatic heterocycles. The number of hydrogen-bond donors (Lipinski definition) is 2. The van der Waals surface area contributed by atoms with Crippen LogP contribution in [0.25, 0.3) is 0 Å². The summed E-state index contributed by atoms with van der Waals surface area (Å²) in [6, 6.07) is 13.8. The van der Waals surface area contributed by atoms with E-state index < -0.39 is 0 Å². The summed E-state index contributed by atoms with van der Waals surface area (Å²) >= 11 is 1.64. The number of fused-ring (bicyclic) bond motifs is 1. The number of benzene rings is 2. The molecule has 138 valence electrons. The van der Waals surface area contributed by atoms with Gasteiger partial charge in [-0.1, -0.05) is 25.1 Å². The lowest BCUT2D eigenvalue weighted by Crippen LogP contribution is -2.17. The molecule has 2 aromatic carbocycles. The summed E-state index contributed by atoms with van der Waals surface area (Å²) < 4.78 is 11.1. The Morgan fingerprint density at radius 2 is 1.92 bits per heavy atom. The molecule has 1 aliphatic rings. The molecule has 0 aliphatic carbocycles. The van der Waals surface area contributed by atoms with Crippen molar-refractivity contribution in [1.29, 1.82) is 0 Å². The molecule has 0 fully saturated rings. The van der Waals surface area contributed by atoms with E-state index >= 15 is 0 Å². The molecular formula is C20H24N2O3S. The second kappa shape index (κ2) is 9.50. The molecule has 2 N–H and O–H groups in total. The van der Waals surface area contributed by atoms with Crippen molar-refractivity contribution in [3.05, 3.63) is 48.0 Å². The maximum Gasteiger partial charge on any atom is 0.225 e. The number of anilines is 1. The fourth-order valence-electron chi connectivity index (χ4n) is 2.64. The number of para-hydroxylation sites is 1. The summed E-state index contributed by atoms with van der Waals surface area (Å²) in [5.41, 5.74) is 1.98. The van der Waals surface area contributed by atoms with Crippen molar-refractivity contribution in [2.75, 3.05) is 30.8 Å². The first-order valence-corrected chi connectivity index (χ1v) is 9.85. The van der Waals surface area contributed by atoms with Gasteiger partial charge < -0.3 is 20.1 Å². The van der Waals surface area contributed by atoms with Crippen LogP contribution < -0.4 is 20.1 Å². The van der Waals surface area contributed by atoms with Gasteiger partial charge in [-0.2, -0.15) is 0 Å². The largest absolute Gasteiger partial charge is 0.486 e. The van der Waals surface area contributed by atoms with E-state index in [1.165, 1.54) is 0 Å². The number of rotatable bonds is 8. The van der Waals surface area contributed by atoms with E-state index in [0.717, 1.165) is 40.7 Å². The highest BCUT2D eigenvalue weighted by molar-refractivity contribution is 7.99. The maximum absolute atomic E-state index is 12.3. The molecule has 0 radical (unpaired) electrons. The molecule has 6 heteroatoms. The van der Waals surface area contributed by atoms with Gasteiger partial charge in [0.2, 0.25) is 5.91 Å². The Balaban J connectivity index is 1.49. The minimum absolute atomic E-state index is 0.0268.